The minimum absolute atomic E-state index is 0.0229. The molecule has 0 radical (unpaired) electrons. The number of hydrogen-bond acceptors (Lipinski definition) is 3. The number of aromatic nitrogens is 1. The lowest BCUT2D eigenvalue weighted by molar-refractivity contribution is -0.125. The fourth-order valence-corrected chi connectivity index (χ4v) is 2.66. The van der Waals surface area contributed by atoms with Gasteiger partial charge in [-0.05, 0) is 23.8 Å². The van der Waals surface area contributed by atoms with E-state index in [1.165, 1.54) is 0 Å². The van der Waals surface area contributed by atoms with Gasteiger partial charge in [0, 0.05) is 19.0 Å². The first-order chi connectivity index (χ1) is 9.84. The van der Waals surface area contributed by atoms with Crippen molar-refractivity contribution < 1.29 is 9.53 Å². The topological polar surface area (TPSA) is 42.4 Å². The molecule has 1 aliphatic rings. The fraction of sp³-hybridized carbons (Fsp3) is 0.647. The number of pyridine rings is 1. The number of methoxy groups -OCH3 is 1. The van der Waals surface area contributed by atoms with Crippen LogP contribution in [-0.2, 0) is 11.2 Å². The minimum Gasteiger partial charge on any atom is -0.481 e. The van der Waals surface area contributed by atoms with Crippen molar-refractivity contribution in [3.8, 4) is 5.88 Å². The van der Waals surface area contributed by atoms with Gasteiger partial charge in [0.1, 0.15) is 0 Å². The molecule has 0 bridgehead atoms. The summed E-state index contributed by atoms with van der Waals surface area (Å²) in [6.07, 6.45) is 3.48. The van der Waals surface area contributed by atoms with Crippen molar-refractivity contribution in [2.45, 2.75) is 47.5 Å². The molecule has 1 unspecified atom stereocenters. The van der Waals surface area contributed by atoms with Crippen molar-refractivity contribution in [1.82, 2.24) is 4.98 Å². The molecule has 0 saturated heterocycles. The van der Waals surface area contributed by atoms with Gasteiger partial charge in [-0.3, -0.25) is 4.79 Å². The molecule has 4 heteroatoms. The summed E-state index contributed by atoms with van der Waals surface area (Å²) in [6, 6.07) is 1.93. The summed E-state index contributed by atoms with van der Waals surface area (Å²) in [5, 5.41) is 0. The van der Waals surface area contributed by atoms with Crippen LogP contribution in [0.3, 0.4) is 0 Å². The van der Waals surface area contributed by atoms with E-state index in [1.54, 1.807) is 18.2 Å². The van der Waals surface area contributed by atoms with E-state index < -0.39 is 0 Å². The SMILES string of the molecule is CC.COc1cc2c(cn1)N(C)C(=O)C(C(C)(C)C)CC2. The smallest absolute Gasteiger partial charge is 0.230 e. The van der Waals surface area contributed by atoms with E-state index in [-0.39, 0.29) is 17.2 Å². The Balaban J connectivity index is 0.00000106. The maximum absolute atomic E-state index is 12.6. The third kappa shape index (κ3) is 3.74. The van der Waals surface area contributed by atoms with Crippen LogP contribution >= 0.6 is 0 Å². The molecule has 0 spiro atoms. The molecule has 0 N–H and O–H groups in total. The summed E-state index contributed by atoms with van der Waals surface area (Å²) < 4.78 is 5.16. The van der Waals surface area contributed by atoms with Crippen molar-refractivity contribution in [3.05, 3.63) is 17.8 Å². The highest BCUT2D eigenvalue weighted by Gasteiger charge is 2.36. The van der Waals surface area contributed by atoms with E-state index in [2.05, 4.69) is 25.8 Å². The highest BCUT2D eigenvalue weighted by atomic mass is 16.5. The fourth-order valence-electron chi connectivity index (χ4n) is 2.66. The molecular weight excluding hydrogens is 264 g/mol. The number of fused-ring (bicyclic) bond motifs is 1. The second-order valence-corrected chi connectivity index (χ2v) is 6.21. The van der Waals surface area contributed by atoms with Crippen LogP contribution in [0, 0.1) is 11.3 Å². The lowest BCUT2D eigenvalue weighted by Crippen LogP contribution is -2.38. The lowest BCUT2D eigenvalue weighted by Gasteiger charge is -2.30. The Bertz CT molecular complexity index is 492. The molecule has 1 amide bonds. The van der Waals surface area contributed by atoms with Gasteiger partial charge in [0.2, 0.25) is 11.8 Å². The summed E-state index contributed by atoms with van der Waals surface area (Å²) >= 11 is 0. The van der Waals surface area contributed by atoms with Gasteiger partial charge in [-0.2, -0.15) is 0 Å². The van der Waals surface area contributed by atoms with Crippen molar-refractivity contribution in [2.24, 2.45) is 11.3 Å². The molecular formula is C17H28N2O2. The zero-order valence-electron chi connectivity index (χ0n) is 14.4. The Morgan fingerprint density at radius 1 is 1.33 bits per heavy atom. The van der Waals surface area contributed by atoms with Crippen molar-refractivity contribution in [2.75, 3.05) is 19.1 Å². The third-order valence-corrected chi connectivity index (χ3v) is 3.89. The van der Waals surface area contributed by atoms with E-state index in [0.29, 0.717) is 5.88 Å². The van der Waals surface area contributed by atoms with E-state index in [0.717, 1.165) is 24.1 Å². The number of anilines is 1. The van der Waals surface area contributed by atoms with Crippen LogP contribution in [0.5, 0.6) is 5.88 Å². The zero-order valence-corrected chi connectivity index (χ0v) is 14.4. The molecule has 0 saturated carbocycles. The average molecular weight is 292 g/mol. The highest BCUT2D eigenvalue weighted by Crippen LogP contribution is 2.37. The first-order valence-electron chi connectivity index (χ1n) is 7.65. The van der Waals surface area contributed by atoms with Gasteiger partial charge in [-0.1, -0.05) is 34.6 Å². The quantitative estimate of drug-likeness (QED) is 0.793. The second kappa shape index (κ2) is 6.92. The molecule has 2 heterocycles. The van der Waals surface area contributed by atoms with E-state index in [4.69, 9.17) is 4.74 Å². The van der Waals surface area contributed by atoms with Crippen LogP contribution in [0.4, 0.5) is 5.69 Å². The Morgan fingerprint density at radius 3 is 2.48 bits per heavy atom. The van der Waals surface area contributed by atoms with Gasteiger partial charge in [-0.15, -0.1) is 0 Å². The minimum atomic E-state index is -0.0229. The molecule has 0 aromatic carbocycles. The number of nitrogens with zero attached hydrogens (tertiary/aromatic N) is 2. The van der Waals surface area contributed by atoms with Crippen molar-refractivity contribution in [1.29, 1.82) is 0 Å². The van der Waals surface area contributed by atoms with Gasteiger partial charge in [0.15, 0.2) is 0 Å². The maximum Gasteiger partial charge on any atom is 0.230 e. The summed E-state index contributed by atoms with van der Waals surface area (Å²) in [4.78, 5) is 18.5. The number of hydrogen-bond donors (Lipinski definition) is 0. The highest BCUT2D eigenvalue weighted by molar-refractivity contribution is 5.96. The first-order valence-corrected chi connectivity index (χ1v) is 7.65. The largest absolute Gasteiger partial charge is 0.481 e. The normalized spacial score (nSPS) is 18.3. The number of rotatable bonds is 1. The molecule has 1 aromatic heterocycles. The summed E-state index contributed by atoms with van der Waals surface area (Å²) in [6.45, 7) is 10.4. The molecule has 4 nitrogen and oxygen atoms in total. The maximum atomic E-state index is 12.6. The van der Waals surface area contributed by atoms with Crippen LogP contribution in [0.25, 0.3) is 0 Å². The van der Waals surface area contributed by atoms with E-state index in [9.17, 15) is 4.79 Å². The number of ether oxygens (including phenoxy) is 1. The van der Waals surface area contributed by atoms with E-state index in [1.807, 2.05) is 27.0 Å². The molecule has 1 aliphatic heterocycles. The third-order valence-electron chi connectivity index (χ3n) is 3.89. The predicted molar refractivity (Wildman–Crippen MR) is 86.8 cm³/mol. The Morgan fingerprint density at radius 2 is 1.95 bits per heavy atom. The molecule has 1 aromatic rings. The molecule has 21 heavy (non-hydrogen) atoms. The number of aryl methyl sites for hydroxylation is 1. The standard InChI is InChI=1S/C15H22N2O2.C2H6/c1-15(2,3)11-7-6-10-8-13(19-5)16-9-12(10)17(4)14(11)18;1-2/h8-9,11H,6-7H2,1-5H3;1-2H3. The first kappa shape index (κ1) is 17.5. The summed E-state index contributed by atoms with van der Waals surface area (Å²) in [5.41, 5.74) is 2.01. The number of carbonyl (C=O) groups is 1. The monoisotopic (exact) mass is 292 g/mol. The molecule has 0 aliphatic carbocycles. The molecule has 1 atom stereocenters. The Kier molecular flexibility index (Phi) is 5.76. The zero-order chi connectivity index (χ0) is 16.2. The van der Waals surface area contributed by atoms with Crippen LogP contribution in [0.2, 0.25) is 0 Å². The van der Waals surface area contributed by atoms with Gasteiger partial charge in [-0.25, -0.2) is 4.98 Å². The predicted octanol–water partition coefficient (Wildman–Crippen LogP) is 3.69. The molecule has 0 fully saturated rings. The van der Waals surface area contributed by atoms with Crippen LogP contribution < -0.4 is 9.64 Å². The second-order valence-electron chi connectivity index (χ2n) is 6.21. The van der Waals surface area contributed by atoms with Gasteiger partial charge < -0.3 is 9.64 Å². The summed E-state index contributed by atoms with van der Waals surface area (Å²) in [5.74, 6) is 0.822. The number of carbonyl (C=O) groups excluding carboxylic acids is 1. The van der Waals surface area contributed by atoms with Crippen LogP contribution in [-0.4, -0.2) is 25.0 Å². The Labute approximate surface area is 128 Å². The van der Waals surface area contributed by atoms with Gasteiger partial charge in [0.25, 0.3) is 0 Å². The average Bonchev–Trinajstić information content (AvgIpc) is 2.58. The van der Waals surface area contributed by atoms with Crippen molar-refractivity contribution in [3.63, 3.8) is 0 Å². The van der Waals surface area contributed by atoms with Crippen LogP contribution in [0.15, 0.2) is 12.3 Å². The molecule has 2 rings (SSSR count). The lowest BCUT2D eigenvalue weighted by atomic mass is 9.77. The summed E-state index contributed by atoms with van der Waals surface area (Å²) in [7, 11) is 3.44. The van der Waals surface area contributed by atoms with Gasteiger partial charge >= 0.3 is 0 Å². The molecule has 118 valence electrons. The van der Waals surface area contributed by atoms with Crippen LogP contribution in [0.1, 0.15) is 46.6 Å². The Hall–Kier alpha value is -1.58. The number of amides is 1. The van der Waals surface area contributed by atoms with E-state index >= 15 is 0 Å². The van der Waals surface area contributed by atoms with Crippen molar-refractivity contribution >= 4 is 11.6 Å². The van der Waals surface area contributed by atoms with Gasteiger partial charge in [0.05, 0.1) is 19.0 Å².